The lowest BCUT2D eigenvalue weighted by Gasteiger charge is -2.11. The summed E-state index contributed by atoms with van der Waals surface area (Å²) in [6, 6.07) is 6.35. The third kappa shape index (κ3) is 1.79. The van der Waals surface area contributed by atoms with E-state index in [4.69, 9.17) is 0 Å². The van der Waals surface area contributed by atoms with Crippen LogP contribution in [0.2, 0.25) is 0 Å². The van der Waals surface area contributed by atoms with Gasteiger partial charge in [0.1, 0.15) is 5.84 Å². The van der Waals surface area contributed by atoms with Crippen molar-refractivity contribution in [1.29, 1.82) is 0 Å². The Labute approximate surface area is 85.1 Å². The molecule has 0 atom stereocenters. The Balaban J connectivity index is 2.23. The number of anilines is 1. The van der Waals surface area contributed by atoms with Crippen LogP contribution in [0.5, 0.6) is 0 Å². The second-order valence-corrected chi connectivity index (χ2v) is 3.82. The molecule has 14 heavy (non-hydrogen) atoms. The number of nitrogens with one attached hydrogen (secondary N) is 1. The normalized spacial score (nSPS) is 15.4. The number of amidine groups is 1. The molecule has 1 aliphatic heterocycles. The number of rotatable bonds is 1. The summed E-state index contributed by atoms with van der Waals surface area (Å²) in [6.07, 6.45) is 2.28. The molecule has 0 bridgehead atoms. The third-order valence-electron chi connectivity index (χ3n) is 2.62. The van der Waals surface area contributed by atoms with Crippen LogP contribution in [0.25, 0.3) is 0 Å². The van der Waals surface area contributed by atoms with Gasteiger partial charge in [0, 0.05) is 18.7 Å². The van der Waals surface area contributed by atoms with Gasteiger partial charge in [0.05, 0.1) is 0 Å². The van der Waals surface area contributed by atoms with Crippen molar-refractivity contribution in [3.63, 3.8) is 0 Å². The highest BCUT2D eigenvalue weighted by Gasteiger charge is 2.08. The zero-order chi connectivity index (χ0) is 9.97. The van der Waals surface area contributed by atoms with Crippen LogP contribution in [0.15, 0.2) is 23.2 Å². The Kier molecular flexibility index (Phi) is 2.53. The van der Waals surface area contributed by atoms with Gasteiger partial charge >= 0.3 is 0 Å². The summed E-state index contributed by atoms with van der Waals surface area (Å²) in [7, 11) is 0. The molecule has 0 aromatic heterocycles. The van der Waals surface area contributed by atoms with Gasteiger partial charge in [-0.3, -0.25) is 4.99 Å². The topological polar surface area (TPSA) is 24.4 Å². The molecule has 0 radical (unpaired) electrons. The standard InChI is InChI=1S/C12H16N2/c1-9-5-3-6-10(2)12(9)14-11-7-4-8-13-11/h3,5-6H,4,7-8H2,1-2H3,(H,13,14). The molecule has 0 spiro atoms. The molecule has 0 unspecified atom stereocenters. The monoisotopic (exact) mass is 188 g/mol. The highest BCUT2D eigenvalue weighted by Crippen LogP contribution is 2.20. The Morgan fingerprint density at radius 2 is 1.93 bits per heavy atom. The molecule has 1 aliphatic rings. The quantitative estimate of drug-likeness (QED) is 0.720. The van der Waals surface area contributed by atoms with Crippen LogP contribution >= 0.6 is 0 Å². The summed E-state index contributed by atoms with van der Waals surface area (Å²) < 4.78 is 0. The largest absolute Gasteiger partial charge is 0.344 e. The summed E-state index contributed by atoms with van der Waals surface area (Å²) >= 11 is 0. The van der Waals surface area contributed by atoms with E-state index in [9.17, 15) is 0 Å². The van der Waals surface area contributed by atoms with Crippen LogP contribution < -0.4 is 5.32 Å². The maximum absolute atomic E-state index is 4.42. The number of hydrogen-bond donors (Lipinski definition) is 1. The summed E-state index contributed by atoms with van der Waals surface area (Å²) in [5.41, 5.74) is 3.81. The minimum absolute atomic E-state index is 0.979. The van der Waals surface area contributed by atoms with Crippen molar-refractivity contribution >= 4 is 11.5 Å². The van der Waals surface area contributed by atoms with Gasteiger partial charge in [-0.2, -0.15) is 0 Å². The lowest BCUT2D eigenvalue weighted by Crippen LogP contribution is -2.10. The summed E-state index contributed by atoms with van der Waals surface area (Å²) in [6.45, 7) is 5.24. The summed E-state index contributed by atoms with van der Waals surface area (Å²) in [5, 5.41) is 3.43. The number of hydrogen-bond acceptors (Lipinski definition) is 2. The van der Waals surface area contributed by atoms with Crippen molar-refractivity contribution in [3.8, 4) is 0 Å². The molecule has 0 fully saturated rings. The Morgan fingerprint density at radius 1 is 1.21 bits per heavy atom. The van der Waals surface area contributed by atoms with Gasteiger partial charge in [0.25, 0.3) is 0 Å². The lowest BCUT2D eigenvalue weighted by molar-refractivity contribution is 0.951. The van der Waals surface area contributed by atoms with Crippen molar-refractivity contribution in [3.05, 3.63) is 29.3 Å². The first-order chi connectivity index (χ1) is 6.77. The fourth-order valence-corrected chi connectivity index (χ4v) is 1.80. The molecule has 1 N–H and O–H groups in total. The van der Waals surface area contributed by atoms with Gasteiger partial charge < -0.3 is 5.32 Å². The van der Waals surface area contributed by atoms with Crippen LogP contribution in [0, 0.1) is 13.8 Å². The van der Waals surface area contributed by atoms with Gasteiger partial charge in [-0.1, -0.05) is 18.2 Å². The van der Waals surface area contributed by atoms with E-state index in [1.54, 1.807) is 0 Å². The third-order valence-corrected chi connectivity index (χ3v) is 2.62. The predicted molar refractivity (Wildman–Crippen MR) is 61.1 cm³/mol. The smallest absolute Gasteiger partial charge is 0.101 e. The van der Waals surface area contributed by atoms with Gasteiger partial charge in [0.15, 0.2) is 0 Å². The molecular weight excluding hydrogens is 172 g/mol. The molecule has 1 aromatic rings. The number of nitrogens with zero attached hydrogens (tertiary/aromatic N) is 1. The highest BCUT2D eigenvalue weighted by atomic mass is 15.0. The van der Waals surface area contributed by atoms with Crippen LogP contribution in [-0.2, 0) is 0 Å². The predicted octanol–water partition coefficient (Wildman–Crippen LogP) is 2.91. The molecule has 0 aliphatic carbocycles. The first-order valence-electron chi connectivity index (χ1n) is 5.14. The van der Waals surface area contributed by atoms with Gasteiger partial charge in [-0.05, 0) is 31.4 Å². The molecule has 74 valence electrons. The fraction of sp³-hybridized carbons (Fsp3) is 0.417. The van der Waals surface area contributed by atoms with E-state index in [-0.39, 0.29) is 0 Å². The number of aryl methyl sites for hydroxylation is 2. The van der Waals surface area contributed by atoms with Crippen LogP contribution in [0.1, 0.15) is 24.0 Å². The maximum Gasteiger partial charge on any atom is 0.101 e. The summed E-state index contributed by atoms with van der Waals surface area (Å²) in [5.74, 6) is 1.14. The van der Waals surface area contributed by atoms with E-state index < -0.39 is 0 Å². The molecule has 0 saturated carbocycles. The zero-order valence-electron chi connectivity index (χ0n) is 8.80. The molecule has 1 aromatic carbocycles. The second-order valence-electron chi connectivity index (χ2n) is 3.82. The van der Waals surface area contributed by atoms with E-state index in [1.807, 2.05) is 0 Å². The van der Waals surface area contributed by atoms with Crippen LogP contribution in [0.4, 0.5) is 5.69 Å². The molecule has 0 amide bonds. The van der Waals surface area contributed by atoms with Crippen LogP contribution in [0.3, 0.4) is 0 Å². The Morgan fingerprint density at radius 3 is 2.50 bits per heavy atom. The first-order valence-corrected chi connectivity index (χ1v) is 5.14. The average molecular weight is 188 g/mol. The van der Waals surface area contributed by atoms with E-state index >= 15 is 0 Å². The Hall–Kier alpha value is -1.31. The van der Waals surface area contributed by atoms with E-state index in [0.717, 1.165) is 18.8 Å². The highest BCUT2D eigenvalue weighted by molar-refractivity contribution is 5.97. The van der Waals surface area contributed by atoms with Crippen molar-refractivity contribution < 1.29 is 0 Å². The van der Waals surface area contributed by atoms with Gasteiger partial charge in [0.2, 0.25) is 0 Å². The van der Waals surface area contributed by atoms with Crippen molar-refractivity contribution in [2.45, 2.75) is 26.7 Å². The minimum atomic E-state index is 0.979. The molecule has 2 nitrogen and oxygen atoms in total. The SMILES string of the molecule is Cc1cccc(C)c1NC1=NCCC1. The molecule has 2 rings (SSSR count). The van der Waals surface area contributed by atoms with E-state index in [0.29, 0.717) is 0 Å². The van der Waals surface area contributed by atoms with Gasteiger partial charge in [-0.15, -0.1) is 0 Å². The van der Waals surface area contributed by atoms with E-state index in [2.05, 4.69) is 42.4 Å². The number of para-hydroxylation sites is 1. The maximum atomic E-state index is 4.42. The number of benzene rings is 1. The molecular formula is C12H16N2. The first kappa shape index (κ1) is 9.25. The average Bonchev–Trinajstić information content (AvgIpc) is 2.64. The minimum Gasteiger partial charge on any atom is -0.344 e. The Bertz CT molecular complexity index is 346. The summed E-state index contributed by atoms with van der Waals surface area (Å²) in [4.78, 5) is 4.42. The number of aliphatic imine (C=N–C) groups is 1. The zero-order valence-corrected chi connectivity index (χ0v) is 8.80. The van der Waals surface area contributed by atoms with E-state index in [1.165, 1.54) is 23.2 Å². The fourth-order valence-electron chi connectivity index (χ4n) is 1.80. The van der Waals surface area contributed by atoms with Crippen molar-refractivity contribution in [2.24, 2.45) is 4.99 Å². The molecule has 0 saturated heterocycles. The molecule has 1 heterocycles. The lowest BCUT2D eigenvalue weighted by atomic mass is 10.1. The van der Waals surface area contributed by atoms with Crippen molar-refractivity contribution in [1.82, 2.24) is 0 Å². The molecule has 2 heteroatoms. The van der Waals surface area contributed by atoms with Crippen molar-refractivity contribution in [2.75, 3.05) is 11.9 Å². The van der Waals surface area contributed by atoms with Gasteiger partial charge in [-0.25, -0.2) is 0 Å². The van der Waals surface area contributed by atoms with Crippen LogP contribution in [-0.4, -0.2) is 12.4 Å². The second kappa shape index (κ2) is 3.82.